The quantitative estimate of drug-likeness (QED) is 0.173. The fourth-order valence-corrected chi connectivity index (χ4v) is 10.3. The third kappa shape index (κ3) is 11.6. The Bertz CT molecular complexity index is 1630. The molecular weight excluding hydrogens is 817 g/mol. The molecule has 360 valence electrons. The minimum absolute atomic E-state index is 0.0286. The number of hydrogen-bond donors (Lipinski definition) is 4. The first-order chi connectivity index (χ1) is 29.5. The van der Waals surface area contributed by atoms with Crippen molar-refractivity contribution < 1.29 is 67.5 Å². The van der Waals surface area contributed by atoms with E-state index in [2.05, 4.69) is 11.8 Å². The SMILES string of the molecule is CCCN1C[C@@H](C)[C@@H](O)[C@](C)(O)[C@@H](CC)OC(=O)C(C)[C@H](OC2C[C@@](C)(OC)[C@@]3(CO3)[C@H](C)O2)[C@H](C)[C@@H](O[C@@H]2O[C@H](C)C[C@H](N)[C@H]2OC(=O)OCc2ccccc2)[C@](C)(O)C[C@H]1C. The lowest BCUT2D eigenvalue weighted by molar-refractivity contribution is -0.312. The maximum atomic E-state index is 14.5. The van der Waals surface area contributed by atoms with Crippen LogP contribution in [0.15, 0.2) is 30.3 Å². The molecule has 1 aromatic rings. The van der Waals surface area contributed by atoms with Crippen molar-refractivity contribution in [2.75, 3.05) is 26.8 Å². The summed E-state index contributed by atoms with van der Waals surface area (Å²) in [4.78, 5) is 30.0. The topological polar surface area (TPSA) is 210 Å². The highest BCUT2D eigenvalue weighted by molar-refractivity contribution is 5.73. The van der Waals surface area contributed by atoms with Gasteiger partial charge in [0.25, 0.3) is 0 Å². The number of aliphatic hydroxyl groups excluding tert-OH is 1. The summed E-state index contributed by atoms with van der Waals surface area (Å²) >= 11 is 0. The Morgan fingerprint density at radius 3 is 2.24 bits per heavy atom. The summed E-state index contributed by atoms with van der Waals surface area (Å²) in [5.74, 6) is -3.03. The summed E-state index contributed by atoms with van der Waals surface area (Å²) in [6, 6.07) is 8.19. The normalized spacial score (nSPS) is 44.5. The molecule has 4 saturated heterocycles. The molecule has 0 aliphatic carbocycles. The Balaban J connectivity index is 1.57. The second-order valence-corrected chi connectivity index (χ2v) is 19.5. The van der Waals surface area contributed by atoms with Crippen molar-refractivity contribution in [2.24, 2.45) is 23.5 Å². The number of rotatable bonds is 11. The van der Waals surface area contributed by atoms with Gasteiger partial charge in [-0.2, -0.15) is 0 Å². The third-order valence-electron chi connectivity index (χ3n) is 14.3. The Morgan fingerprint density at radius 2 is 1.63 bits per heavy atom. The molecular formula is C47H78N2O14. The highest BCUT2D eigenvalue weighted by Crippen LogP contribution is 2.51. The Hall–Kier alpha value is -2.48. The predicted octanol–water partition coefficient (Wildman–Crippen LogP) is 4.85. The zero-order valence-electron chi connectivity index (χ0n) is 39.7. The van der Waals surface area contributed by atoms with Crippen LogP contribution in [0, 0.1) is 17.8 Å². The zero-order chi connectivity index (χ0) is 46.7. The average Bonchev–Trinajstić information content (AvgIpc) is 4.05. The summed E-state index contributed by atoms with van der Waals surface area (Å²) in [5.41, 5.74) is 2.51. The first-order valence-corrected chi connectivity index (χ1v) is 23.0. The van der Waals surface area contributed by atoms with E-state index in [0.717, 1.165) is 12.0 Å². The van der Waals surface area contributed by atoms with Crippen LogP contribution in [-0.4, -0.2) is 149 Å². The van der Waals surface area contributed by atoms with Gasteiger partial charge in [0.2, 0.25) is 0 Å². The lowest BCUT2D eigenvalue weighted by Gasteiger charge is -2.49. The minimum atomic E-state index is -1.81. The zero-order valence-corrected chi connectivity index (χ0v) is 39.7. The van der Waals surface area contributed by atoms with Crippen molar-refractivity contribution in [1.29, 1.82) is 0 Å². The summed E-state index contributed by atoms with van der Waals surface area (Å²) in [7, 11) is 1.62. The van der Waals surface area contributed by atoms with Crippen molar-refractivity contribution in [1.82, 2.24) is 4.90 Å². The molecule has 16 heteroatoms. The fourth-order valence-electron chi connectivity index (χ4n) is 10.3. The van der Waals surface area contributed by atoms with E-state index in [-0.39, 0.29) is 31.9 Å². The van der Waals surface area contributed by atoms with E-state index < -0.39 is 114 Å². The van der Waals surface area contributed by atoms with Crippen LogP contribution in [0.4, 0.5) is 4.79 Å². The number of nitrogens with two attached hydrogens (primary N) is 1. The van der Waals surface area contributed by atoms with Crippen LogP contribution in [0.1, 0.15) is 114 Å². The van der Waals surface area contributed by atoms with Crippen molar-refractivity contribution in [3.05, 3.63) is 35.9 Å². The molecule has 5 rings (SSSR count). The second kappa shape index (κ2) is 21.0. The van der Waals surface area contributed by atoms with E-state index in [1.807, 2.05) is 71.9 Å². The van der Waals surface area contributed by atoms with Gasteiger partial charge in [0, 0.05) is 38.1 Å². The maximum absolute atomic E-state index is 14.5. The number of esters is 1. The number of carbonyl (C=O) groups excluding carboxylic acids is 2. The smallest absolute Gasteiger partial charge is 0.459 e. The molecule has 0 saturated carbocycles. The number of ether oxygens (including phenoxy) is 9. The van der Waals surface area contributed by atoms with Gasteiger partial charge in [0.1, 0.15) is 29.5 Å². The van der Waals surface area contributed by atoms with Crippen molar-refractivity contribution in [2.45, 2.75) is 205 Å². The molecule has 4 heterocycles. The van der Waals surface area contributed by atoms with Gasteiger partial charge in [-0.25, -0.2) is 4.79 Å². The number of hydrogen-bond acceptors (Lipinski definition) is 16. The molecule has 2 unspecified atom stereocenters. The monoisotopic (exact) mass is 895 g/mol. The number of epoxide rings is 1. The first kappa shape index (κ1) is 51.5. The minimum Gasteiger partial charge on any atom is -0.459 e. The highest BCUT2D eigenvalue weighted by atomic mass is 16.8. The second-order valence-electron chi connectivity index (χ2n) is 19.5. The van der Waals surface area contributed by atoms with Gasteiger partial charge in [-0.15, -0.1) is 0 Å². The molecule has 4 aliphatic rings. The highest BCUT2D eigenvalue weighted by Gasteiger charge is 2.67. The van der Waals surface area contributed by atoms with Gasteiger partial charge in [0.15, 0.2) is 18.7 Å². The van der Waals surface area contributed by atoms with E-state index >= 15 is 0 Å². The molecule has 5 N–H and O–H groups in total. The fraction of sp³-hybridized carbons (Fsp3) is 0.830. The molecule has 0 aromatic heterocycles. The number of aliphatic hydroxyl groups is 3. The number of benzene rings is 1. The van der Waals surface area contributed by atoms with Gasteiger partial charge in [-0.05, 0) is 92.2 Å². The van der Waals surface area contributed by atoms with Gasteiger partial charge in [-0.3, -0.25) is 4.79 Å². The number of methoxy groups -OCH3 is 1. The average molecular weight is 895 g/mol. The van der Waals surface area contributed by atoms with E-state index in [0.29, 0.717) is 26.1 Å². The standard InChI is InChI=1S/C47H78N2O14/c1-13-20-49-24-27(3)39(50)46(11,54)35(14-2)60-41(51)31(7)37(61-36-23-45(10,55-12)47(26-57-47)32(8)59-36)30(6)40(44(9,53)22-28(49)4)63-42-38(34(48)21-29(5)58-42)62-43(52)56-25-33-18-16-15-17-19-33/h15-19,27-32,34-40,42,50,53-54H,13-14,20-26,48H2,1-12H3/t27-,28-,29-,30+,31?,32+,34+,35-,36?,37-,38-,39-,40-,42+,44-,45-,46-,47-/m1/s1. The molecule has 63 heavy (non-hydrogen) atoms. The van der Waals surface area contributed by atoms with Gasteiger partial charge in [0.05, 0.1) is 48.6 Å². The molecule has 1 aromatic carbocycles. The summed E-state index contributed by atoms with van der Waals surface area (Å²) in [5, 5.41) is 36.6. The summed E-state index contributed by atoms with van der Waals surface area (Å²) < 4.78 is 56.3. The molecule has 4 fully saturated rings. The van der Waals surface area contributed by atoms with Crippen LogP contribution in [0.25, 0.3) is 0 Å². The lowest BCUT2D eigenvalue weighted by Crippen LogP contribution is -2.62. The number of carbonyl (C=O) groups is 2. The van der Waals surface area contributed by atoms with Crippen LogP contribution in [0.5, 0.6) is 0 Å². The van der Waals surface area contributed by atoms with Gasteiger partial charge >= 0.3 is 12.1 Å². The molecule has 4 aliphatic heterocycles. The van der Waals surface area contributed by atoms with Crippen molar-refractivity contribution >= 4 is 12.1 Å². The molecule has 0 radical (unpaired) electrons. The summed E-state index contributed by atoms with van der Waals surface area (Å²) in [6.45, 7) is 21.5. The largest absolute Gasteiger partial charge is 0.509 e. The third-order valence-corrected chi connectivity index (χ3v) is 14.3. The Kier molecular flexibility index (Phi) is 17.2. The molecule has 0 amide bonds. The van der Waals surface area contributed by atoms with Gasteiger partial charge < -0.3 is 68.6 Å². The first-order valence-electron chi connectivity index (χ1n) is 23.0. The summed E-state index contributed by atoms with van der Waals surface area (Å²) in [6.07, 6.45) is -7.97. The van der Waals surface area contributed by atoms with Crippen LogP contribution in [-0.2, 0) is 54.0 Å². The Labute approximate surface area is 374 Å². The van der Waals surface area contributed by atoms with E-state index in [1.54, 1.807) is 27.9 Å². The predicted molar refractivity (Wildman–Crippen MR) is 232 cm³/mol. The van der Waals surface area contributed by atoms with E-state index in [4.69, 9.17) is 48.4 Å². The van der Waals surface area contributed by atoms with E-state index in [9.17, 15) is 24.9 Å². The Morgan fingerprint density at radius 1 is 0.968 bits per heavy atom. The van der Waals surface area contributed by atoms with Gasteiger partial charge in [-0.1, -0.05) is 58.0 Å². The molecule has 1 spiro atoms. The lowest BCUT2D eigenvalue weighted by atomic mass is 9.78. The molecule has 16 nitrogen and oxygen atoms in total. The van der Waals surface area contributed by atoms with E-state index in [1.165, 1.54) is 6.92 Å². The van der Waals surface area contributed by atoms with Crippen LogP contribution in [0.2, 0.25) is 0 Å². The van der Waals surface area contributed by atoms with Crippen LogP contribution < -0.4 is 5.73 Å². The van der Waals surface area contributed by atoms with Crippen LogP contribution >= 0.6 is 0 Å². The number of nitrogens with zero attached hydrogens (tertiary/aromatic N) is 1. The van der Waals surface area contributed by atoms with Crippen molar-refractivity contribution in [3.8, 4) is 0 Å². The van der Waals surface area contributed by atoms with Crippen molar-refractivity contribution in [3.63, 3.8) is 0 Å². The molecule has 0 bridgehead atoms. The number of cyclic esters (lactones) is 1. The van der Waals surface area contributed by atoms with Crippen LogP contribution in [0.3, 0.4) is 0 Å². The molecule has 18 atom stereocenters. The maximum Gasteiger partial charge on any atom is 0.509 e.